The van der Waals surface area contributed by atoms with Gasteiger partial charge in [-0.3, -0.25) is 4.79 Å². The van der Waals surface area contributed by atoms with E-state index in [0.717, 1.165) is 45.4 Å². The molecule has 1 saturated heterocycles. The van der Waals surface area contributed by atoms with Crippen LogP contribution < -0.4 is 10.6 Å². The molecule has 0 unspecified atom stereocenters. The zero-order chi connectivity index (χ0) is 16.7. The standard InChI is InChI=1S/C18H35N3O2/c1-14-5-3-4-6-17(14)20-18(23)15(2)19-13-16-7-9-21(10-8-16)11-12-22/h14-17,19,22H,3-13H2,1-2H3,(H,20,23)/t14-,15+,17+/m1/s1. The number of amides is 1. The number of aliphatic hydroxyl groups is 1. The van der Waals surface area contributed by atoms with Gasteiger partial charge in [0.15, 0.2) is 0 Å². The van der Waals surface area contributed by atoms with Crippen LogP contribution in [0.3, 0.4) is 0 Å². The average Bonchev–Trinajstić information content (AvgIpc) is 2.56. The molecule has 23 heavy (non-hydrogen) atoms. The molecule has 2 rings (SSSR count). The first kappa shape index (κ1) is 18.7. The third-order valence-corrected chi connectivity index (χ3v) is 5.67. The van der Waals surface area contributed by atoms with Crippen LogP contribution in [0.1, 0.15) is 52.4 Å². The molecule has 134 valence electrons. The Morgan fingerprint density at radius 1 is 1.22 bits per heavy atom. The van der Waals surface area contributed by atoms with Crippen molar-refractivity contribution in [2.45, 2.75) is 64.5 Å². The lowest BCUT2D eigenvalue weighted by Gasteiger charge is -2.33. The van der Waals surface area contributed by atoms with Crippen LogP contribution in [0.5, 0.6) is 0 Å². The highest BCUT2D eigenvalue weighted by Crippen LogP contribution is 2.23. The normalized spacial score (nSPS) is 28.5. The second-order valence-electron chi connectivity index (χ2n) is 7.52. The third kappa shape index (κ3) is 6.05. The summed E-state index contributed by atoms with van der Waals surface area (Å²) in [6.07, 6.45) is 7.21. The number of likely N-dealkylation sites (tertiary alicyclic amines) is 1. The number of aliphatic hydroxyl groups excluding tert-OH is 1. The molecular weight excluding hydrogens is 290 g/mol. The molecule has 0 spiro atoms. The second-order valence-corrected chi connectivity index (χ2v) is 7.52. The summed E-state index contributed by atoms with van der Waals surface area (Å²) in [5, 5.41) is 15.6. The van der Waals surface area contributed by atoms with Gasteiger partial charge >= 0.3 is 0 Å². The maximum atomic E-state index is 12.4. The summed E-state index contributed by atoms with van der Waals surface area (Å²) in [6.45, 7) is 8.31. The van der Waals surface area contributed by atoms with E-state index in [1.165, 1.54) is 19.3 Å². The summed E-state index contributed by atoms with van der Waals surface area (Å²) in [5.41, 5.74) is 0. The minimum Gasteiger partial charge on any atom is -0.395 e. The second kappa shape index (κ2) is 9.60. The van der Waals surface area contributed by atoms with Gasteiger partial charge in [-0.15, -0.1) is 0 Å². The molecular formula is C18H35N3O2. The van der Waals surface area contributed by atoms with Crippen molar-refractivity contribution >= 4 is 5.91 Å². The quantitative estimate of drug-likeness (QED) is 0.661. The molecule has 3 atom stereocenters. The van der Waals surface area contributed by atoms with Gasteiger partial charge < -0.3 is 20.6 Å². The molecule has 1 aliphatic heterocycles. The first-order valence-corrected chi connectivity index (χ1v) is 9.47. The van der Waals surface area contributed by atoms with E-state index in [9.17, 15) is 4.79 Å². The van der Waals surface area contributed by atoms with Crippen LogP contribution in [0.2, 0.25) is 0 Å². The van der Waals surface area contributed by atoms with Crippen molar-refractivity contribution in [2.24, 2.45) is 11.8 Å². The summed E-state index contributed by atoms with van der Waals surface area (Å²) in [5.74, 6) is 1.41. The Bertz CT molecular complexity index is 356. The van der Waals surface area contributed by atoms with E-state index < -0.39 is 0 Å². The third-order valence-electron chi connectivity index (χ3n) is 5.67. The largest absolute Gasteiger partial charge is 0.395 e. The molecule has 3 N–H and O–H groups in total. The van der Waals surface area contributed by atoms with Gasteiger partial charge in [-0.05, 0) is 64.1 Å². The summed E-state index contributed by atoms with van der Waals surface area (Å²) in [7, 11) is 0. The van der Waals surface area contributed by atoms with Gasteiger partial charge in [0.1, 0.15) is 0 Å². The predicted molar refractivity (Wildman–Crippen MR) is 93.3 cm³/mol. The number of carbonyl (C=O) groups excluding carboxylic acids is 1. The van der Waals surface area contributed by atoms with Gasteiger partial charge in [-0.2, -0.15) is 0 Å². The number of β-amino-alcohol motifs (C(OH)–C–C–N with tert-alkyl or cyclic N) is 1. The Labute approximate surface area is 141 Å². The first-order chi connectivity index (χ1) is 11.1. The van der Waals surface area contributed by atoms with Crippen LogP contribution in [-0.4, -0.2) is 60.8 Å². The zero-order valence-corrected chi connectivity index (χ0v) is 14.9. The minimum atomic E-state index is -0.111. The molecule has 2 aliphatic rings. The molecule has 0 radical (unpaired) electrons. The highest BCUT2D eigenvalue weighted by Gasteiger charge is 2.25. The number of carbonyl (C=O) groups is 1. The van der Waals surface area contributed by atoms with E-state index in [-0.39, 0.29) is 18.6 Å². The van der Waals surface area contributed by atoms with Crippen LogP contribution in [0, 0.1) is 11.8 Å². The topological polar surface area (TPSA) is 64.6 Å². The SMILES string of the molecule is C[C@H](NCC1CCN(CCO)CC1)C(=O)N[C@H]1CCCC[C@H]1C. The number of nitrogens with zero attached hydrogens (tertiary/aromatic N) is 1. The number of rotatable bonds is 7. The molecule has 0 aromatic heterocycles. The van der Waals surface area contributed by atoms with Crippen LogP contribution in [0.4, 0.5) is 0 Å². The molecule has 5 nitrogen and oxygen atoms in total. The van der Waals surface area contributed by atoms with Crippen molar-refractivity contribution in [3.8, 4) is 0 Å². The average molecular weight is 325 g/mol. The highest BCUT2D eigenvalue weighted by molar-refractivity contribution is 5.81. The molecule has 5 heteroatoms. The van der Waals surface area contributed by atoms with Crippen LogP contribution >= 0.6 is 0 Å². The van der Waals surface area contributed by atoms with Gasteiger partial charge in [0.2, 0.25) is 5.91 Å². The lowest BCUT2D eigenvalue weighted by molar-refractivity contribution is -0.124. The Hall–Kier alpha value is -0.650. The smallest absolute Gasteiger partial charge is 0.237 e. The summed E-state index contributed by atoms with van der Waals surface area (Å²) in [6, 6.07) is 0.252. The highest BCUT2D eigenvalue weighted by atomic mass is 16.3. The van der Waals surface area contributed by atoms with Crippen molar-refractivity contribution in [1.29, 1.82) is 0 Å². The van der Waals surface area contributed by atoms with E-state index in [2.05, 4.69) is 22.5 Å². The maximum Gasteiger partial charge on any atom is 0.237 e. The van der Waals surface area contributed by atoms with Crippen molar-refractivity contribution in [3.63, 3.8) is 0 Å². The van der Waals surface area contributed by atoms with Crippen molar-refractivity contribution < 1.29 is 9.90 Å². The molecule has 0 bridgehead atoms. The van der Waals surface area contributed by atoms with Crippen LogP contribution in [0.15, 0.2) is 0 Å². The molecule has 0 aromatic carbocycles. The fraction of sp³-hybridized carbons (Fsp3) is 0.944. The fourth-order valence-electron chi connectivity index (χ4n) is 3.83. The Morgan fingerprint density at radius 3 is 2.57 bits per heavy atom. The van der Waals surface area contributed by atoms with Gasteiger partial charge in [-0.1, -0.05) is 19.8 Å². The predicted octanol–water partition coefficient (Wildman–Crippen LogP) is 1.36. The summed E-state index contributed by atoms with van der Waals surface area (Å²) in [4.78, 5) is 14.7. The molecule has 2 fully saturated rings. The molecule has 1 amide bonds. The van der Waals surface area contributed by atoms with Crippen LogP contribution in [-0.2, 0) is 4.79 Å². The minimum absolute atomic E-state index is 0.111. The number of piperidine rings is 1. The Balaban J connectivity index is 1.64. The zero-order valence-electron chi connectivity index (χ0n) is 14.9. The fourth-order valence-corrected chi connectivity index (χ4v) is 3.83. The molecule has 0 aromatic rings. The van der Waals surface area contributed by atoms with Gasteiger partial charge in [0, 0.05) is 12.6 Å². The van der Waals surface area contributed by atoms with E-state index in [4.69, 9.17) is 5.11 Å². The lowest BCUT2D eigenvalue weighted by Crippen LogP contribution is -2.50. The van der Waals surface area contributed by atoms with Gasteiger partial charge in [0.05, 0.1) is 12.6 Å². The summed E-state index contributed by atoms with van der Waals surface area (Å²) >= 11 is 0. The molecule has 1 heterocycles. The molecule has 1 aliphatic carbocycles. The maximum absolute atomic E-state index is 12.4. The van der Waals surface area contributed by atoms with Crippen molar-refractivity contribution in [1.82, 2.24) is 15.5 Å². The monoisotopic (exact) mass is 325 g/mol. The van der Waals surface area contributed by atoms with E-state index in [1.807, 2.05) is 6.92 Å². The molecule has 1 saturated carbocycles. The van der Waals surface area contributed by atoms with E-state index in [0.29, 0.717) is 17.9 Å². The van der Waals surface area contributed by atoms with E-state index >= 15 is 0 Å². The lowest BCUT2D eigenvalue weighted by atomic mass is 9.86. The Morgan fingerprint density at radius 2 is 1.91 bits per heavy atom. The van der Waals surface area contributed by atoms with Gasteiger partial charge in [0.25, 0.3) is 0 Å². The summed E-state index contributed by atoms with van der Waals surface area (Å²) < 4.78 is 0. The number of nitrogens with one attached hydrogen (secondary N) is 2. The van der Waals surface area contributed by atoms with Gasteiger partial charge in [-0.25, -0.2) is 0 Å². The Kier molecular flexibility index (Phi) is 7.80. The first-order valence-electron chi connectivity index (χ1n) is 9.47. The van der Waals surface area contributed by atoms with Crippen LogP contribution in [0.25, 0.3) is 0 Å². The van der Waals surface area contributed by atoms with E-state index in [1.54, 1.807) is 0 Å². The number of hydrogen-bond acceptors (Lipinski definition) is 4. The number of hydrogen-bond donors (Lipinski definition) is 3. The van der Waals surface area contributed by atoms with Crippen molar-refractivity contribution in [2.75, 3.05) is 32.8 Å². The van der Waals surface area contributed by atoms with Crippen molar-refractivity contribution in [3.05, 3.63) is 0 Å².